The first-order valence-corrected chi connectivity index (χ1v) is 11.2. The Kier molecular flexibility index (Phi) is 6.76. The molecule has 6 nitrogen and oxygen atoms in total. The van der Waals surface area contributed by atoms with Gasteiger partial charge in [0.1, 0.15) is 11.6 Å². The van der Waals surface area contributed by atoms with Gasteiger partial charge in [0.25, 0.3) is 0 Å². The van der Waals surface area contributed by atoms with Crippen molar-refractivity contribution in [3.05, 3.63) is 36.0 Å². The fourth-order valence-corrected chi connectivity index (χ4v) is 4.26. The molecular weight excluding hydrogens is 418 g/mol. The van der Waals surface area contributed by atoms with Crippen molar-refractivity contribution in [3.8, 4) is 21.8 Å². The van der Waals surface area contributed by atoms with Crippen molar-refractivity contribution in [2.75, 3.05) is 18.5 Å². The average Bonchev–Trinajstić information content (AvgIpc) is 3.39. The molecule has 0 amide bonds. The fourth-order valence-electron chi connectivity index (χ4n) is 3.41. The van der Waals surface area contributed by atoms with E-state index in [4.69, 9.17) is 0 Å². The predicted octanol–water partition coefficient (Wildman–Crippen LogP) is 5.26. The standard InChI is InChI=1S/C22H30F2N6S/c1-7-21(2,3)29-22(4,5)9-11-30(6)20-28-27-19(31-20)15-13-16(23)14(12-17(15)24)18-8-10-25-26-18/h8,10,12-13,29H,7,9,11H2,1-6H3,(H,25,26). The van der Waals surface area contributed by atoms with E-state index in [0.717, 1.165) is 31.5 Å². The highest BCUT2D eigenvalue weighted by atomic mass is 32.1. The number of hydrogen-bond donors (Lipinski definition) is 2. The van der Waals surface area contributed by atoms with Gasteiger partial charge in [0.2, 0.25) is 5.13 Å². The maximum absolute atomic E-state index is 14.7. The van der Waals surface area contributed by atoms with Gasteiger partial charge in [-0.05, 0) is 58.7 Å². The zero-order chi connectivity index (χ0) is 22.8. The van der Waals surface area contributed by atoms with E-state index in [1.165, 1.54) is 17.5 Å². The lowest BCUT2D eigenvalue weighted by molar-refractivity contribution is 0.248. The van der Waals surface area contributed by atoms with E-state index in [9.17, 15) is 8.78 Å². The molecule has 168 valence electrons. The van der Waals surface area contributed by atoms with E-state index in [-0.39, 0.29) is 22.2 Å². The van der Waals surface area contributed by atoms with Gasteiger partial charge < -0.3 is 10.2 Å². The molecule has 0 spiro atoms. The predicted molar refractivity (Wildman–Crippen MR) is 122 cm³/mol. The number of benzene rings is 1. The summed E-state index contributed by atoms with van der Waals surface area (Å²) in [5, 5.41) is 19.4. The maximum atomic E-state index is 14.7. The lowest BCUT2D eigenvalue weighted by Crippen LogP contribution is -2.52. The monoisotopic (exact) mass is 448 g/mol. The van der Waals surface area contributed by atoms with Gasteiger partial charge in [-0.3, -0.25) is 5.10 Å². The van der Waals surface area contributed by atoms with Crippen LogP contribution in [0.3, 0.4) is 0 Å². The molecule has 3 aromatic rings. The summed E-state index contributed by atoms with van der Waals surface area (Å²) in [6, 6.07) is 3.91. The highest BCUT2D eigenvalue weighted by Crippen LogP contribution is 2.33. The van der Waals surface area contributed by atoms with Crippen LogP contribution >= 0.6 is 11.3 Å². The number of halogens is 2. The summed E-state index contributed by atoms with van der Waals surface area (Å²) in [7, 11) is 1.93. The summed E-state index contributed by atoms with van der Waals surface area (Å²) in [5.41, 5.74) is 0.652. The van der Waals surface area contributed by atoms with Crippen molar-refractivity contribution in [3.63, 3.8) is 0 Å². The zero-order valence-electron chi connectivity index (χ0n) is 18.9. The number of aromatic nitrogens is 4. The molecule has 0 saturated heterocycles. The number of rotatable bonds is 9. The summed E-state index contributed by atoms with van der Waals surface area (Å²) in [6.07, 6.45) is 3.42. The number of nitrogens with one attached hydrogen (secondary N) is 2. The molecule has 0 aliphatic rings. The molecule has 0 atom stereocenters. The van der Waals surface area contributed by atoms with E-state index in [1.54, 1.807) is 6.07 Å². The van der Waals surface area contributed by atoms with Crippen molar-refractivity contribution in [2.24, 2.45) is 0 Å². The molecule has 1 aromatic carbocycles. The van der Waals surface area contributed by atoms with Crippen LogP contribution < -0.4 is 10.2 Å². The smallest absolute Gasteiger partial charge is 0.208 e. The van der Waals surface area contributed by atoms with Gasteiger partial charge in [0, 0.05) is 36.4 Å². The maximum Gasteiger partial charge on any atom is 0.208 e. The summed E-state index contributed by atoms with van der Waals surface area (Å²) in [6.45, 7) is 11.7. The molecule has 0 unspecified atom stereocenters. The Labute approximate surface area is 186 Å². The van der Waals surface area contributed by atoms with Crippen molar-refractivity contribution in [1.29, 1.82) is 0 Å². The van der Waals surface area contributed by atoms with Crippen LogP contribution in [-0.2, 0) is 0 Å². The summed E-state index contributed by atoms with van der Waals surface area (Å²) < 4.78 is 29.3. The van der Waals surface area contributed by atoms with Crippen LogP contribution in [0.1, 0.15) is 47.5 Å². The number of hydrogen-bond acceptors (Lipinski definition) is 6. The first kappa shape index (κ1) is 23.3. The molecule has 0 fully saturated rings. The molecule has 2 heterocycles. The molecule has 0 saturated carbocycles. The lowest BCUT2D eigenvalue weighted by atomic mass is 9.92. The highest BCUT2D eigenvalue weighted by molar-refractivity contribution is 7.18. The number of anilines is 1. The average molecular weight is 449 g/mol. The molecule has 0 aliphatic carbocycles. The van der Waals surface area contributed by atoms with Gasteiger partial charge in [0.05, 0.1) is 11.3 Å². The highest BCUT2D eigenvalue weighted by Gasteiger charge is 2.26. The Morgan fingerprint density at radius 1 is 1.06 bits per heavy atom. The SMILES string of the molecule is CCC(C)(C)NC(C)(C)CCN(C)c1nnc(-c2cc(F)c(-c3ccn[nH]3)cc2F)s1. The van der Waals surface area contributed by atoms with E-state index < -0.39 is 11.6 Å². The minimum absolute atomic E-state index is 0.0565. The summed E-state index contributed by atoms with van der Waals surface area (Å²) in [4.78, 5) is 2.00. The largest absolute Gasteiger partial charge is 0.350 e. The second-order valence-corrected chi connectivity index (χ2v) is 10.0. The molecule has 3 rings (SSSR count). The first-order valence-electron chi connectivity index (χ1n) is 10.3. The summed E-state index contributed by atoms with van der Waals surface area (Å²) in [5.74, 6) is -1.10. The molecule has 2 aromatic heterocycles. The van der Waals surface area contributed by atoms with Gasteiger partial charge in [-0.1, -0.05) is 18.3 Å². The van der Waals surface area contributed by atoms with Gasteiger partial charge >= 0.3 is 0 Å². The second-order valence-electron chi connectivity index (χ2n) is 9.09. The minimum Gasteiger partial charge on any atom is -0.350 e. The Hall–Kier alpha value is -2.39. The number of aromatic amines is 1. The third kappa shape index (κ3) is 5.65. The molecular formula is C22H30F2N6S. The third-order valence-electron chi connectivity index (χ3n) is 5.45. The van der Waals surface area contributed by atoms with Gasteiger partial charge in [-0.25, -0.2) is 8.78 Å². The number of nitrogens with zero attached hydrogens (tertiary/aromatic N) is 4. The zero-order valence-corrected chi connectivity index (χ0v) is 19.7. The third-order valence-corrected chi connectivity index (χ3v) is 6.52. The number of H-pyrrole nitrogens is 1. The van der Waals surface area contributed by atoms with Crippen LogP contribution in [0, 0.1) is 11.6 Å². The van der Waals surface area contributed by atoms with Crippen LogP contribution in [-0.4, -0.2) is 45.1 Å². The molecule has 0 bridgehead atoms. The van der Waals surface area contributed by atoms with E-state index in [2.05, 4.69) is 60.3 Å². The van der Waals surface area contributed by atoms with Crippen LogP contribution in [0.2, 0.25) is 0 Å². The van der Waals surface area contributed by atoms with Crippen LogP contribution in [0.4, 0.5) is 13.9 Å². The van der Waals surface area contributed by atoms with Gasteiger partial charge in [0.15, 0.2) is 5.01 Å². The summed E-state index contributed by atoms with van der Waals surface area (Å²) >= 11 is 1.24. The van der Waals surface area contributed by atoms with Crippen molar-refractivity contribution < 1.29 is 8.78 Å². The molecule has 31 heavy (non-hydrogen) atoms. The minimum atomic E-state index is -0.552. The van der Waals surface area contributed by atoms with Crippen LogP contribution in [0.25, 0.3) is 21.8 Å². The fraction of sp³-hybridized carbons (Fsp3) is 0.500. The first-order chi connectivity index (χ1) is 14.5. The van der Waals surface area contributed by atoms with Crippen molar-refractivity contribution in [1.82, 2.24) is 25.7 Å². The van der Waals surface area contributed by atoms with E-state index >= 15 is 0 Å². The Morgan fingerprint density at radius 3 is 2.39 bits per heavy atom. The van der Waals surface area contributed by atoms with E-state index in [1.807, 2.05) is 11.9 Å². The van der Waals surface area contributed by atoms with Crippen molar-refractivity contribution in [2.45, 2.75) is 58.5 Å². The lowest BCUT2D eigenvalue weighted by Gasteiger charge is -2.37. The molecule has 2 N–H and O–H groups in total. The van der Waals surface area contributed by atoms with E-state index in [0.29, 0.717) is 15.8 Å². The normalized spacial score (nSPS) is 12.4. The van der Waals surface area contributed by atoms with Gasteiger partial charge in [-0.2, -0.15) is 5.10 Å². The quantitative estimate of drug-likeness (QED) is 0.467. The Balaban J connectivity index is 1.72. The Bertz CT molecular complexity index is 1010. The van der Waals surface area contributed by atoms with Crippen LogP contribution in [0.15, 0.2) is 24.4 Å². The molecule has 0 radical (unpaired) electrons. The second kappa shape index (κ2) is 9.00. The molecule has 0 aliphatic heterocycles. The molecule has 9 heteroatoms. The van der Waals surface area contributed by atoms with Gasteiger partial charge in [-0.15, -0.1) is 10.2 Å². The van der Waals surface area contributed by atoms with Crippen molar-refractivity contribution >= 4 is 16.5 Å². The topological polar surface area (TPSA) is 69.7 Å². The van der Waals surface area contributed by atoms with Crippen LogP contribution in [0.5, 0.6) is 0 Å². The Morgan fingerprint density at radius 2 is 1.74 bits per heavy atom.